The second-order valence-electron chi connectivity index (χ2n) is 5.62. The van der Waals surface area contributed by atoms with Crippen molar-refractivity contribution >= 4 is 0 Å². The van der Waals surface area contributed by atoms with E-state index >= 15 is 0 Å². The molecule has 1 aromatic rings. The summed E-state index contributed by atoms with van der Waals surface area (Å²) in [5.74, 6) is -0.986. The van der Waals surface area contributed by atoms with Crippen LogP contribution in [-0.4, -0.2) is 30.6 Å². The third-order valence-corrected chi connectivity index (χ3v) is 4.18. The van der Waals surface area contributed by atoms with Gasteiger partial charge in [-0.05, 0) is 51.9 Å². The van der Waals surface area contributed by atoms with E-state index in [4.69, 9.17) is 0 Å². The number of halogens is 2. The summed E-state index contributed by atoms with van der Waals surface area (Å²) in [5.41, 5.74) is 0.544. The van der Waals surface area contributed by atoms with Crippen LogP contribution in [-0.2, 0) is 0 Å². The topological polar surface area (TPSA) is 15.3 Å². The summed E-state index contributed by atoms with van der Waals surface area (Å²) in [4.78, 5) is 2.45. The monoisotopic (exact) mass is 282 g/mol. The highest BCUT2D eigenvalue weighted by Crippen LogP contribution is 2.20. The number of hydrogen-bond acceptors (Lipinski definition) is 2. The van der Waals surface area contributed by atoms with Gasteiger partial charge in [-0.3, -0.25) is 0 Å². The van der Waals surface area contributed by atoms with Gasteiger partial charge in [-0.2, -0.15) is 0 Å². The molecule has 0 spiro atoms. The summed E-state index contributed by atoms with van der Waals surface area (Å²) < 4.78 is 26.7. The van der Waals surface area contributed by atoms with E-state index in [-0.39, 0.29) is 6.04 Å². The highest BCUT2D eigenvalue weighted by atomic mass is 19.1. The summed E-state index contributed by atoms with van der Waals surface area (Å²) >= 11 is 0. The molecule has 0 amide bonds. The lowest BCUT2D eigenvalue weighted by Gasteiger charge is -2.23. The molecule has 112 valence electrons. The van der Waals surface area contributed by atoms with Crippen LogP contribution in [0.1, 0.15) is 44.7 Å². The van der Waals surface area contributed by atoms with Crippen LogP contribution in [0.5, 0.6) is 0 Å². The van der Waals surface area contributed by atoms with Gasteiger partial charge in [-0.25, -0.2) is 8.78 Å². The predicted molar refractivity (Wildman–Crippen MR) is 77.7 cm³/mol. The van der Waals surface area contributed by atoms with Crippen LogP contribution in [0, 0.1) is 11.6 Å². The zero-order valence-corrected chi connectivity index (χ0v) is 12.3. The van der Waals surface area contributed by atoms with E-state index in [9.17, 15) is 8.78 Å². The molecule has 20 heavy (non-hydrogen) atoms. The van der Waals surface area contributed by atoms with Gasteiger partial charge in [-0.1, -0.05) is 13.0 Å². The first-order chi connectivity index (χ1) is 9.60. The molecule has 2 atom stereocenters. The van der Waals surface area contributed by atoms with Crippen molar-refractivity contribution in [2.45, 2.75) is 45.2 Å². The van der Waals surface area contributed by atoms with E-state index < -0.39 is 11.6 Å². The molecule has 0 aliphatic carbocycles. The second kappa shape index (κ2) is 7.14. The van der Waals surface area contributed by atoms with Crippen molar-refractivity contribution in [1.82, 2.24) is 10.2 Å². The standard InChI is InChI=1S/C16H24F2N2/c1-3-20-9-4-5-14(8-10-20)19-12(2)15-7-6-13(17)11-16(15)18/h6-7,11-12,14,19H,3-5,8-10H2,1-2H3. The first-order valence-electron chi connectivity index (χ1n) is 7.53. The van der Waals surface area contributed by atoms with Crippen molar-refractivity contribution in [3.05, 3.63) is 35.4 Å². The number of benzene rings is 1. The number of nitrogens with one attached hydrogen (secondary N) is 1. The minimum absolute atomic E-state index is 0.0891. The van der Waals surface area contributed by atoms with Gasteiger partial charge in [0.25, 0.3) is 0 Å². The van der Waals surface area contributed by atoms with E-state index in [1.165, 1.54) is 18.6 Å². The van der Waals surface area contributed by atoms with Gasteiger partial charge in [0.2, 0.25) is 0 Å². The summed E-state index contributed by atoms with van der Waals surface area (Å²) in [6.45, 7) is 7.46. The Morgan fingerprint density at radius 1 is 1.30 bits per heavy atom. The molecule has 0 saturated carbocycles. The van der Waals surface area contributed by atoms with E-state index in [2.05, 4.69) is 17.1 Å². The average Bonchev–Trinajstić information content (AvgIpc) is 2.63. The van der Waals surface area contributed by atoms with Crippen LogP contribution in [0.3, 0.4) is 0 Å². The molecule has 4 heteroatoms. The van der Waals surface area contributed by atoms with Crippen molar-refractivity contribution in [2.24, 2.45) is 0 Å². The summed E-state index contributed by atoms with van der Waals surface area (Å²) in [6, 6.07) is 4.14. The van der Waals surface area contributed by atoms with Gasteiger partial charge < -0.3 is 10.2 Å². The zero-order chi connectivity index (χ0) is 14.5. The average molecular weight is 282 g/mol. The van der Waals surface area contributed by atoms with Crippen molar-refractivity contribution in [3.8, 4) is 0 Å². The van der Waals surface area contributed by atoms with Crippen LogP contribution >= 0.6 is 0 Å². The first-order valence-corrected chi connectivity index (χ1v) is 7.53. The Morgan fingerprint density at radius 3 is 2.80 bits per heavy atom. The van der Waals surface area contributed by atoms with Crippen LogP contribution in [0.25, 0.3) is 0 Å². The maximum absolute atomic E-state index is 13.8. The minimum Gasteiger partial charge on any atom is -0.307 e. The third-order valence-electron chi connectivity index (χ3n) is 4.18. The largest absolute Gasteiger partial charge is 0.307 e. The Labute approximate surface area is 120 Å². The molecule has 1 saturated heterocycles. The molecular weight excluding hydrogens is 258 g/mol. The SMILES string of the molecule is CCN1CCCC(NC(C)c2ccc(F)cc2F)CC1. The number of hydrogen-bond donors (Lipinski definition) is 1. The fourth-order valence-electron chi connectivity index (χ4n) is 2.93. The second-order valence-corrected chi connectivity index (χ2v) is 5.62. The Kier molecular flexibility index (Phi) is 5.49. The van der Waals surface area contributed by atoms with Gasteiger partial charge in [0.05, 0.1) is 0 Å². The van der Waals surface area contributed by atoms with Gasteiger partial charge in [0, 0.05) is 23.7 Å². The van der Waals surface area contributed by atoms with Crippen LogP contribution < -0.4 is 5.32 Å². The molecule has 0 bridgehead atoms. The Morgan fingerprint density at radius 2 is 2.10 bits per heavy atom. The minimum atomic E-state index is -0.522. The molecule has 1 aromatic carbocycles. The quantitative estimate of drug-likeness (QED) is 0.909. The molecule has 1 fully saturated rings. The van der Waals surface area contributed by atoms with Crippen molar-refractivity contribution in [3.63, 3.8) is 0 Å². The summed E-state index contributed by atoms with van der Waals surface area (Å²) in [7, 11) is 0. The van der Waals surface area contributed by atoms with Crippen LogP contribution in [0.15, 0.2) is 18.2 Å². The predicted octanol–water partition coefficient (Wildman–Crippen LogP) is 3.49. The van der Waals surface area contributed by atoms with Gasteiger partial charge in [0.15, 0.2) is 0 Å². The van der Waals surface area contributed by atoms with E-state index in [0.717, 1.165) is 38.5 Å². The number of likely N-dealkylation sites (tertiary alicyclic amines) is 1. The van der Waals surface area contributed by atoms with Gasteiger partial charge in [-0.15, -0.1) is 0 Å². The van der Waals surface area contributed by atoms with Crippen LogP contribution in [0.4, 0.5) is 8.78 Å². The zero-order valence-electron chi connectivity index (χ0n) is 12.3. The molecule has 1 heterocycles. The molecule has 1 N–H and O–H groups in total. The first kappa shape index (κ1) is 15.4. The Hall–Kier alpha value is -1.00. The normalized spacial score (nSPS) is 22.5. The van der Waals surface area contributed by atoms with Crippen molar-refractivity contribution in [2.75, 3.05) is 19.6 Å². The Balaban J connectivity index is 1.95. The van der Waals surface area contributed by atoms with E-state index in [0.29, 0.717) is 11.6 Å². The molecule has 1 aliphatic heterocycles. The van der Waals surface area contributed by atoms with Crippen molar-refractivity contribution < 1.29 is 8.78 Å². The van der Waals surface area contributed by atoms with E-state index in [1.54, 1.807) is 0 Å². The molecule has 2 rings (SSSR count). The van der Waals surface area contributed by atoms with Crippen LogP contribution in [0.2, 0.25) is 0 Å². The maximum Gasteiger partial charge on any atom is 0.130 e. The summed E-state index contributed by atoms with van der Waals surface area (Å²) in [5, 5.41) is 3.49. The highest BCUT2D eigenvalue weighted by molar-refractivity contribution is 5.21. The lowest BCUT2D eigenvalue weighted by Crippen LogP contribution is -2.33. The van der Waals surface area contributed by atoms with Crippen molar-refractivity contribution in [1.29, 1.82) is 0 Å². The fourth-order valence-corrected chi connectivity index (χ4v) is 2.93. The molecule has 2 nitrogen and oxygen atoms in total. The maximum atomic E-state index is 13.8. The van der Waals surface area contributed by atoms with Gasteiger partial charge in [0.1, 0.15) is 11.6 Å². The van der Waals surface area contributed by atoms with Gasteiger partial charge >= 0.3 is 0 Å². The smallest absolute Gasteiger partial charge is 0.130 e. The highest BCUT2D eigenvalue weighted by Gasteiger charge is 2.19. The molecule has 2 unspecified atom stereocenters. The summed E-state index contributed by atoms with van der Waals surface area (Å²) in [6.07, 6.45) is 3.37. The molecule has 0 radical (unpaired) electrons. The number of rotatable bonds is 4. The lowest BCUT2D eigenvalue weighted by molar-refractivity contribution is 0.295. The molecule has 1 aliphatic rings. The lowest BCUT2D eigenvalue weighted by atomic mass is 10.0. The van der Waals surface area contributed by atoms with E-state index in [1.807, 2.05) is 6.92 Å². The molecule has 0 aromatic heterocycles. The fraction of sp³-hybridized carbons (Fsp3) is 0.625. The molecular formula is C16H24F2N2. The number of nitrogens with zero attached hydrogens (tertiary/aromatic N) is 1. The Bertz CT molecular complexity index is 436. The third kappa shape index (κ3) is 4.00.